The molecule has 164 valence electrons. The topological polar surface area (TPSA) is 74.1 Å². The molecular formula is C25H25N3O4. The predicted octanol–water partition coefficient (Wildman–Crippen LogP) is 4.36. The summed E-state index contributed by atoms with van der Waals surface area (Å²) in [6.07, 6.45) is 1.82. The fourth-order valence-electron chi connectivity index (χ4n) is 3.84. The third-order valence-electron chi connectivity index (χ3n) is 5.37. The molecule has 0 aliphatic carbocycles. The molecule has 0 saturated heterocycles. The Kier molecular flexibility index (Phi) is 6.26. The number of hydrogen-bond donors (Lipinski definition) is 1. The number of methoxy groups -OCH3 is 3. The maximum Gasteiger partial charge on any atom is 0.241 e. The predicted molar refractivity (Wildman–Crippen MR) is 126 cm³/mol. The molecule has 0 atom stereocenters. The van der Waals surface area contributed by atoms with Crippen molar-refractivity contribution in [3.63, 3.8) is 0 Å². The average molecular weight is 431 g/mol. The number of rotatable bonds is 8. The second kappa shape index (κ2) is 9.43. The molecule has 3 aromatic carbocycles. The van der Waals surface area contributed by atoms with Gasteiger partial charge in [-0.25, -0.2) is 5.43 Å². The van der Waals surface area contributed by atoms with Crippen molar-refractivity contribution in [3.8, 4) is 17.2 Å². The summed E-state index contributed by atoms with van der Waals surface area (Å²) in [6.45, 7) is 0.551. The Bertz CT molecular complexity index is 1240. The van der Waals surface area contributed by atoms with Crippen molar-refractivity contribution < 1.29 is 19.0 Å². The van der Waals surface area contributed by atoms with Crippen LogP contribution < -0.4 is 19.6 Å². The number of benzene rings is 3. The molecule has 0 aliphatic heterocycles. The van der Waals surface area contributed by atoms with Gasteiger partial charge in [-0.2, -0.15) is 5.10 Å². The highest BCUT2D eigenvalue weighted by Gasteiger charge is 2.12. The van der Waals surface area contributed by atoms with Gasteiger partial charge >= 0.3 is 0 Å². The van der Waals surface area contributed by atoms with Gasteiger partial charge in [0.05, 0.1) is 27.5 Å². The minimum atomic E-state index is -0.178. The zero-order chi connectivity index (χ0) is 22.5. The summed E-state index contributed by atoms with van der Waals surface area (Å²) in [7, 11) is 4.67. The molecule has 4 rings (SSSR count). The van der Waals surface area contributed by atoms with E-state index in [9.17, 15) is 4.79 Å². The second-order valence-electron chi connectivity index (χ2n) is 7.18. The van der Waals surface area contributed by atoms with Crippen molar-refractivity contribution >= 4 is 33.9 Å². The Labute approximate surface area is 186 Å². The smallest absolute Gasteiger partial charge is 0.241 e. The van der Waals surface area contributed by atoms with E-state index >= 15 is 0 Å². The van der Waals surface area contributed by atoms with Gasteiger partial charge < -0.3 is 18.8 Å². The highest BCUT2D eigenvalue weighted by atomic mass is 16.5. The van der Waals surface area contributed by atoms with Gasteiger partial charge in [0, 0.05) is 46.4 Å². The van der Waals surface area contributed by atoms with E-state index in [0.717, 1.165) is 11.0 Å². The monoisotopic (exact) mass is 431 g/mol. The SMILES string of the molecule is COc1cc(OC)c(OC)cc1C=NNC(=O)CCn1c2ccccc2c2ccccc21. The van der Waals surface area contributed by atoms with Gasteiger partial charge in [0.25, 0.3) is 0 Å². The van der Waals surface area contributed by atoms with Gasteiger partial charge in [0.15, 0.2) is 11.5 Å². The number of hydrazone groups is 1. The fourth-order valence-corrected chi connectivity index (χ4v) is 3.84. The Balaban J connectivity index is 1.47. The van der Waals surface area contributed by atoms with E-state index in [2.05, 4.69) is 39.4 Å². The number of hydrogen-bond acceptors (Lipinski definition) is 5. The lowest BCUT2D eigenvalue weighted by Crippen LogP contribution is -2.19. The molecule has 1 N–H and O–H groups in total. The van der Waals surface area contributed by atoms with Gasteiger partial charge in [-0.15, -0.1) is 0 Å². The first-order valence-electron chi connectivity index (χ1n) is 10.2. The van der Waals surface area contributed by atoms with Crippen LogP contribution in [0.3, 0.4) is 0 Å². The van der Waals surface area contributed by atoms with E-state index < -0.39 is 0 Å². The summed E-state index contributed by atoms with van der Waals surface area (Å²) in [5.74, 6) is 1.48. The van der Waals surface area contributed by atoms with Gasteiger partial charge in [-0.3, -0.25) is 4.79 Å². The summed E-state index contributed by atoms with van der Waals surface area (Å²) >= 11 is 0. The van der Waals surface area contributed by atoms with E-state index in [0.29, 0.717) is 35.8 Å². The number of para-hydroxylation sites is 2. The third kappa shape index (κ3) is 4.09. The number of aryl methyl sites for hydroxylation is 1. The van der Waals surface area contributed by atoms with Gasteiger partial charge in [-0.1, -0.05) is 36.4 Å². The highest BCUT2D eigenvalue weighted by Crippen LogP contribution is 2.33. The normalized spacial score (nSPS) is 11.2. The number of carbonyl (C=O) groups is 1. The molecular weight excluding hydrogens is 406 g/mol. The first-order chi connectivity index (χ1) is 15.7. The lowest BCUT2D eigenvalue weighted by molar-refractivity contribution is -0.121. The Morgan fingerprint density at radius 1 is 0.875 bits per heavy atom. The molecule has 7 heteroatoms. The number of nitrogens with one attached hydrogen (secondary N) is 1. The third-order valence-corrected chi connectivity index (χ3v) is 5.37. The molecule has 1 amide bonds. The molecule has 0 saturated carbocycles. The van der Waals surface area contributed by atoms with Crippen LogP contribution in [-0.4, -0.2) is 38.0 Å². The van der Waals surface area contributed by atoms with Crippen LogP contribution in [0.25, 0.3) is 21.8 Å². The first-order valence-corrected chi connectivity index (χ1v) is 10.2. The van der Waals surface area contributed by atoms with Crippen LogP contribution in [0.5, 0.6) is 17.2 Å². The molecule has 32 heavy (non-hydrogen) atoms. The maximum absolute atomic E-state index is 12.5. The summed E-state index contributed by atoms with van der Waals surface area (Å²) < 4.78 is 18.2. The standard InChI is InChI=1S/C25H25N3O4/c1-30-22-15-24(32-3)23(31-2)14-17(22)16-26-27-25(29)12-13-28-20-10-6-4-8-18(20)19-9-5-7-11-21(19)28/h4-11,14-16H,12-13H2,1-3H3,(H,27,29). The van der Waals surface area contributed by atoms with Gasteiger partial charge in [0.2, 0.25) is 5.91 Å². The molecule has 4 aromatic rings. The number of fused-ring (bicyclic) bond motifs is 3. The number of amides is 1. The zero-order valence-electron chi connectivity index (χ0n) is 18.3. The van der Waals surface area contributed by atoms with Gasteiger partial charge in [0.1, 0.15) is 5.75 Å². The molecule has 0 unspecified atom stereocenters. The van der Waals surface area contributed by atoms with Crippen molar-refractivity contribution in [2.45, 2.75) is 13.0 Å². The van der Waals surface area contributed by atoms with Crippen LogP contribution in [0.4, 0.5) is 0 Å². The maximum atomic E-state index is 12.5. The van der Waals surface area contributed by atoms with Gasteiger partial charge in [-0.05, 0) is 18.2 Å². The molecule has 0 radical (unpaired) electrons. The van der Waals surface area contributed by atoms with E-state index in [-0.39, 0.29) is 5.91 Å². The largest absolute Gasteiger partial charge is 0.496 e. The highest BCUT2D eigenvalue weighted by molar-refractivity contribution is 6.08. The number of ether oxygens (including phenoxy) is 3. The molecule has 0 spiro atoms. The van der Waals surface area contributed by atoms with Crippen LogP contribution in [0.1, 0.15) is 12.0 Å². The first kappa shape index (κ1) is 21.2. The molecule has 0 bridgehead atoms. The Hall–Kier alpha value is -4.00. The van der Waals surface area contributed by atoms with Crippen LogP contribution in [0, 0.1) is 0 Å². The summed E-state index contributed by atoms with van der Waals surface area (Å²) in [6, 6.07) is 19.9. The van der Waals surface area contributed by atoms with Crippen molar-refractivity contribution in [2.24, 2.45) is 5.10 Å². The number of aromatic nitrogens is 1. The van der Waals surface area contributed by atoms with Crippen molar-refractivity contribution in [3.05, 3.63) is 66.2 Å². The molecule has 0 fully saturated rings. The minimum Gasteiger partial charge on any atom is -0.496 e. The molecule has 1 heterocycles. The minimum absolute atomic E-state index is 0.178. The number of carbonyl (C=O) groups excluding carboxylic acids is 1. The van der Waals surface area contributed by atoms with E-state index in [1.807, 2.05) is 24.3 Å². The molecule has 1 aromatic heterocycles. The van der Waals surface area contributed by atoms with Crippen molar-refractivity contribution in [2.75, 3.05) is 21.3 Å². The fraction of sp³-hybridized carbons (Fsp3) is 0.200. The second-order valence-corrected chi connectivity index (χ2v) is 7.18. The lowest BCUT2D eigenvalue weighted by Gasteiger charge is -2.11. The van der Waals surface area contributed by atoms with E-state index in [4.69, 9.17) is 14.2 Å². The Morgan fingerprint density at radius 2 is 1.44 bits per heavy atom. The van der Waals surface area contributed by atoms with Crippen molar-refractivity contribution in [1.82, 2.24) is 9.99 Å². The molecule has 0 aliphatic rings. The van der Waals surface area contributed by atoms with Crippen LogP contribution in [-0.2, 0) is 11.3 Å². The average Bonchev–Trinajstić information content (AvgIpc) is 3.16. The van der Waals surface area contributed by atoms with Crippen LogP contribution in [0.15, 0.2) is 65.8 Å². The summed E-state index contributed by atoms with van der Waals surface area (Å²) in [5.41, 5.74) is 5.48. The van der Waals surface area contributed by atoms with Crippen molar-refractivity contribution in [1.29, 1.82) is 0 Å². The number of nitrogens with zero attached hydrogens (tertiary/aromatic N) is 2. The quantitative estimate of drug-likeness (QED) is 0.332. The Morgan fingerprint density at radius 3 is 2.03 bits per heavy atom. The van der Waals surface area contributed by atoms with Crippen LogP contribution >= 0.6 is 0 Å². The summed E-state index contributed by atoms with van der Waals surface area (Å²) in [5, 5.41) is 6.46. The molecule has 7 nitrogen and oxygen atoms in total. The lowest BCUT2D eigenvalue weighted by atomic mass is 10.2. The van der Waals surface area contributed by atoms with E-state index in [1.54, 1.807) is 33.5 Å². The van der Waals surface area contributed by atoms with Crippen LogP contribution in [0.2, 0.25) is 0 Å². The van der Waals surface area contributed by atoms with E-state index in [1.165, 1.54) is 17.0 Å². The zero-order valence-corrected chi connectivity index (χ0v) is 18.3. The summed E-state index contributed by atoms with van der Waals surface area (Å²) in [4.78, 5) is 12.5.